The highest BCUT2D eigenvalue weighted by atomic mass is 16.5. The van der Waals surface area contributed by atoms with E-state index in [0.29, 0.717) is 38.5 Å². The van der Waals surface area contributed by atoms with E-state index < -0.39 is 34.3 Å². The lowest BCUT2D eigenvalue weighted by Gasteiger charge is -2.70. The molecule has 0 aromatic heterocycles. The minimum atomic E-state index is -1.28. The summed E-state index contributed by atoms with van der Waals surface area (Å²) in [7, 11) is 0. The maximum Gasteiger partial charge on any atom is 0.313 e. The quantitative estimate of drug-likeness (QED) is 0.383. The summed E-state index contributed by atoms with van der Waals surface area (Å²) >= 11 is 0. The largest absolute Gasteiger partial charge is 0.481 e. The van der Waals surface area contributed by atoms with Crippen molar-refractivity contribution in [2.24, 2.45) is 50.2 Å². The van der Waals surface area contributed by atoms with Crippen molar-refractivity contribution in [2.45, 2.75) is 119 Å². The van der Waals surface area contributed by atoms with Crippen molar-refractivity contribution in [3.63, 3.8) is 0 Å². The van der Waals surface area contributed by atoms with Crippen molar-refractivity contribution in [1.29, 1.82) is 0 Å². The van der Waals surface area contributed by atoms with Gasteiger partial charge in [-0.1, -0.05) is 40.2 Å². The Labute approximate surface area is 238 Å². The molecule has 10 atom stereocenters. The van der Waals surface area contributed by atoms with Crippen LogP contribution in [0.2, 0.25) is 0 Å². The summed E-state index contributed by atoms with van der Waals surface area (Å²) in [5.41, 5.74) is -2.15. The molecule has 5 aliphatic rings. The molecule has 0 amide bonds. The fourth-order valence-corrected chi connectivity index (χ4v) is 10.8. The zero-order valence-electron chi connectivity index (χ0n) is 25.4. The van der Waals surface area contributed by atoms with Gasteiger partial charge < -0.3 is 14.9 Å². The number of carbonyl (C=O) groups excluding carboxylic acids is 2. The Morgan fingerprint density at radius 3 is 2.15 bits per heavy atom. The summed E-state index contributed by atoms with van der Waals surface area (Å²) in [6.07, 6.45) is 7.79. The second-order valence-corrected chi connectivity index (χ2v) is 15.5. The first kappa shape index (κ1) is 29.3. The third-order valence-corrected chi connectivity index (χ3v) is 13.7. The smallest absolute Gasteiger partial charge is 0.313 e. The maximum atomic E-state index is 14.4. The fraction of sp³-hybridized carbons (Fsp3) is 0.818. The number of fused-ring (bicyclic) bond motifs is 7. The van der Waals surface area contributed by atoms with Crippen LogP contribution in [0.25, 0.3) is 0 Å². The molecule has 0 bridgehead atoms. The number of allylic oxidation sites excluding steroid dienone is 2. The monoisotopic (exact) mass is 556 g/mol. The molecule has 7 nitrogen and oxygen atoms in total. The second-order valence-electron chi connectivity index (χ2n) is 15.5. The Morgan fingerprint density at radius 2 is 1.55 bits per heavy atom. The number of aliphatic carboxylic acids is 2. The predicted molar refractivity (Wildman–Crippen MR) is 149 cm³/mol. The number of rotatable bonds is 4. The molecule has 7 heteroatoms. The van der Waals surface area contributed by atoms with Crippen molar-refractivity contribution >= 4 is 23.7 Å². The van der Waals surface area contributed by atoms with Gasteiger partial charge in [-0.15, -0.1) is 0 Å². The summed E-state index contributed by atoms with van der Waals surface area (Å²) in [4.78, 5) is 52.0. The van der Waals surface area contributed by atoms with Crippen LogP contribution in [-0.2, 0) is 23.9 Å². The van der Waals surface area contributed by atoms with Crippen LogP contribution in [0.4, 0.5) is 0 Å². The molecule has 0 spiro atoms. The molecule has 0 aliphatic heterocycles. The lowest BCUT2D eigenvalue weighted by atomic mass is 9.33. The molecule has 2 N–H and O–H groups in total. The first-order chi connectivity index (χ1) is 18.4. The third-order valence-electron chi connectivity index (χ3n) is 13.7. The van der Waals surface area contributed by atoms with Crippen LogP contribution in [0, 0.1) is 50.2 Å². The van der Waals surface area contributed by atoms with E-state index in [-0.39, 0.29) is 52.2 Å². The molecule has 5 aliphatic carbocycles. The van der Waals surface area contributed by atoms with Crippen molar-refractivity contribution < 1.29 is 34.1 Å². The number of carbonyl (C=O) groups is 4. The molecule has 40 heavy (non-hydrogen) atoms. The van der Waals surface area contributed by atoms with Gasteiger partial charge in [0.25, 0.3) is 0 Å². The van der Waals surface area contributed by atoms with E-state index in [1.807, 2.05) is 13.0 Å². The fourth-order valence-electron chi connectivity index (χ4n) is 10.8. The summed E-state index contributed by atoms with van der Waals surface area (Å²) < 4.78 is 5.75. The molecular formula is C33H48O7. The Balaban J connectivity index is 1.59. The molecule has 5 rings (SSSR count). The van der Waals surface area contributed by atoms with Gasteiger partial charge in [-0.25, -0.2) is 0 Å². The highest BCUT2D eigenvalue weighted by molar-refractivity contribution is 5.96. The number of esters is 1. The van der Waals surface area contributed by atoms with Gasteiger partial charge in [0.1, 0.15) is 11.5 Å². The minimum absolute atomic E-state index is 0.0199. The minimum Gasteiger partial charge on any atom is -0.481 e. The van der Waals surface area contributed by atoms with Crippen molar-refractivity contribution in [3.05, 3.63) is 11.6 Å². The van der Waals surface area contributed by atoms with E-state index in [1.165, 1.54) is 0 Å². The number of ether oxygens (including phenoxy) is 1. The van der Waals surface area contributed by atoms with Gasteiger partial charge in [0.15, 0.2) is 5.78 Å². The first-order valence-electron chi connectivity index (χ1n) is 15.4. The topological polar surface area (TPSA) is 118 Å². The van der Waals surface area contributed by atoms with E-state index in [0.717, 1.165) is 24.8 Å². The molecular weight excluding hydrogens is 508 g/mol. The van der Waals surface area contributed by atoms with Crippen LogP contribution in [0.5, 0.6) is 0 Å². The Kier molecular flexibility index (Phi) is 6.53. The summed E-state index contributed by atoms with van der Waals surface area (Å²) in [5, 5.41) is 20.7. The van der Waals surface area contributed by atoms with E-state index in [4.69, 9.17) is 4.74 Å². The average molecular weight is 557 g/mol. The van der Waals surface area contributed by atoms with E-state index in [2.05, 4.69) is 27.7 Å². The summed E-state index contributed by atoms with van der Waals surface area (Å²) in [5.74, 6) is -2.63. The van der Waals surface area contributed by atoms with Crippen LogP contribution >= 0.6 is 0 Å². The molecule has 4 fully saturated rings. The summed E-state index contributed by atoms with van der Waals surface area (Å²) in [6, 6.07) is 0. The molecule has 0 aromatic rings. The number of hydrogen-bond donors (Lipinski definition) is 2. The van der Waals surface area contributed by atoms with Crippen molar-refractivity contribution in [2.75, 3.05) is 0 Å². The zero-order chi connectivity index (χ0) is 29.7. The van der Waals surface area contributed by atoms with Crippen LogP contribution in [0.15, 0.2) is 11.6 Å². The highest BCUT2D eigenvalue weighted by Crippen LogP contribution is 2.75. The number of hydrogen-bond acceptors (Lipinski definition) is 5. The van der Waals surface area contributed by atoms with Gasteiger partial charge in [-0.3, -0.25) is 19.2 Å². The van der Waals surface area contributed by atoms with E-state index in [9.17, 15) is 29.4 Å². The Morgan fingerprint density at radius 1 is 0.900 bits per heavy atom. The maximum absolute atomic E-state index is 14.4. The lowest BCUT2D eigenvalue weighted by molar-refractivity contribution is -0.221. The lowest BCUT2D eigenvalue weighted by Crippen LogP contribution is -2.68. The molecule has 0 saturated heterocycles. The van der Waals surface area contributed by atoms with Gasteiger partial charge >= 0.3 is 17.9 Å². The normalized spacial score (nSPS) is 49.9. The standard InChI is InChI=1S/C33H48O7/c1-8-24(35)40-23-10-11-30(4)22(33(23,7)27(38)39)9-12-32(6)25(30)21(34)17-19-20-18-29(3,26(36)37)14-13-28(20,2)15-16-31(19,32)5/h17,20,22-23,25H,8-16,18H2,1-7H3,(H,36,37)(H,38,39)/t20-,22+,23-,25+,28+,29-,30-,31+,32+,33-/m0/s1. The molecule has 0 unspecified atom stereocenters. The average Bonchev–Trinajstić information content (AvgIpc) is 2.87. The van der Waals surface area contributed by atoms with E-state index >= 15 is 0 Å². The number of carboxylic acids is 2. The van der Waals surface area contributed by atoms with Gasteiger partial charge in [0.05, 0.1) is 5.41 Å². The van der Waals surface area contributed by atoms with Crippen molar-refractivity contribution in [3.8, 4) is 0 Å². The SMILES string of the molecule is CCC(=O)O[C@H]1CC[C@@]2(C)[C@@H](CC[C@]3(C)[C@@H]2C(=O)C=C2[C@@H]4C[C@@](C)(C(=O)O)CC[C@]4(C)CC[C@]23C)[C@]1(C)C(=O)O. The van der Waals surface area contributed by atoms with Crippen LogP contribution < -0.4 is 0 Å². The molecule has 222 valence electrons. The van der Waals surface area contributed by atoms with Gasteiger partial charge in [0, 0.05) is 12.3 Å². The van der Waals surface area contributed by atoms with Gasteiger partial charge in [0.2, 0.25) is 0 Å². The number of ketones is 1. The second kappa shape index (κ2) is 8.91. The predicted octanol–water partition coefficient (Wildman–Crippen LogP) is 6.44. The van der Waals surface area contributed by atoms with Crippen molar-refractivity contribution in [1.82, 2.24) is 0 Å². The van der Waals surface area contributed by atoms with E-state index in [1.54, 1.807) is 13.8 Å². The molecule has 4 saturated carbocycles. The zero-order valence-corrected chi connectivity index (χ0v) is 25.4. The molecule has 0 heterocycles. The third kappa shape index (κ3) is 3.60. The van der Waals surface area contributed by atoms with Crippen LogP contribution in [0.3, 0.4) is 0 Å². The Hall–Kier alpha value is -2.18. The van der Waals surface area contributed by atoms with Crippen LogP contribution in [-0.4, -0.2) is 40.0 Å². The molecule has 0 aromatic carbocycles. The van der Waals surface area contributed by atoms with Gasteiger partial charge in [-0.05, 0) is 111 Å². The molecule has 0 radical (unpaired) electrons. The van der Waals surface area contributed by atoms with Gasteiger partial charge in [-0.2, -0.15) is 0 Å². The van der Waals surface area contributed by atoms with Crippen LogP contribution in [0.1, 0.15) is 113 Å². The first-order valence-corrected chi connectivity index (χ1v) is 15.4. The summed E-state index contributed by atoms with van der Waals surface area (Å²) in [6.45, 7) is 14.3. The number of carboxylic acid groups (broad SMARTS) is 2. The Bertz CT molecular complexity index is 1190. The highest BCUT2D eigenvalue weighted by Gasteiger charge is 2.72.